The molecule has 0 aliphatic rings. The Labute approximate surface area is 108 Å². The fraction of sp³-hybridized carbons (Fsp3) is 0.455. The van der Waals surface area contributed by atoms with Crippen LogP contribution in [0.15, 0.2) is 12.3 Å². The third kappa shape index (κ3) is 4.17. The van der Waals surface area contributed by atoms with Crippen molar-refractivity contribution >= 4 is 22.8 Å². The molecule has 4 N–H and O–H groups in total. The number of carboxylic acids is 1. The molecule has 0 radical (unpaired) electrons. The SMILES string of the molecule is CC(=O)SCCC(O)C(O)c1c[nH]c(C(=O)O)c1. The van der Waals surface area contributed by atoms with E-state index in [1.54, 1.807) is 0 Å². The van der Waals surface area contributed by atoms with Gasteiger partial charge in [0.1, 0.15) is 11.8 Å². The molecule has 0 fully saturated rings. The number of carbonyl (C=O) groups is 2. The van der Waals surface area contributed by atoms with E-state index >= 15 is 0 Å². The van der Waals surface area contributed by atoms with Crippen LogP contribution in [0.5, 0.6) is 0 Å². The maximum absolute atomic E-state index is 10.7. The van der Waals surface area contributed by atoms with Crippen molar-refractivity contribution in [2.75, 3.05) is 5.75 Å². The first kappa shape index (κ1) is 14.7. The average Bonchev–Trinajstić information content (AvgIpc) is 2.76. The van der Waals surface area contributed by atoms with Crippen LogP contribution in [0.2, 0.25) is 0 Å². The van der Waals surface area contributed by atoms with Gasteiger partial charge in [0.05, 0.1) is 6.10 Å². The van der Waals surface area contributed by atoms with Crippen molar-refractivity contribution in [3.05, 3.63) is 23.5 Å². The summed E-state index contributed by atoms with van der Waals surface area (Å²) >= 11 is 1.07. The van der Waals surface area contributed by atoms with E-state index in [4.69, 9.17) is 5.11 Å². The number of thioether (sulfide) groups is 1. The fourth-order valence-corrected chi connectivity index (χ4v) is 2.06. The molecule has 0 aliphatic heterocycles. The Morgan fingerprint density at radius 1 is 1.44 bits per heavy atom. The largest absolute Gasteiger partial charge is 0.477 e. The molecule has 1 aromatic rings. The van der Waals surface area contributed by atoms with Gasteiger partial charge >= 0.3 is 5.97 Å². The molecule has 100 valence electrons. The molecule has 1 aromatic heterocycles. The van der Waals surface area contributed by atoms with Gasteiger partial charge in [0.25, 0.3) is 0 Å². The number of carbonyl (C=O) groups excluding carboxylic acids is 1. The zero-order valence-electron chi connectivity index (χ0n) is 9.79. The number of hydrogen-bond acceptors (Lipinski definition) is 5. The number of carboxylic acid groups (broad SMARTS) is 1. The number of aromatic carboxylic acids is 1. The summed E-state index contributed by atoms with van der Waals surface area (Å²) in [5.74, 6) is -0.723. The summed E-state index contributed by atoms with van der Waals surface area (Å²) in [5, 5.41) is 28.1. The molecule has 0 aromatic carbocycles. The molecular formula is C11H15NO5S. The van der Waals surface area contributed by atoms with Gasteiger partial charge in [0, 0.05) is 24.4 Å². The van der Waals surface area contributed by atoms with Gasteiger partial charge < -0.3 is 20.3 Å². The Kier molecular flexibility index (Phi) is 5.39. The van der Waals surface area contributed by atoms with Crippen LogP contribution in [-0.4, -0.2) is 43.2 Å². The van der Waals surface area contributed by atoms with E-state index in [1.807, 2.05) is 0 Å². The Morgan fingerprint density at radius 3 is 2.61 bits per heavy atom. The first-order valence-electron chi connectivity index (χ1n) is 5.33. The molecule has 0 spiro atoms. The molecule has 6 nitrogen and oxygen atoms in total. The third-order valence-electron chi connectivity index (χ3n) is 2.36. The molecule has 0 bridgehead atoms. The number of nitrogens with one attached hydrogen (secondary N) is 1. The predicted octanol–water partition coefficient (Wildman–Crippen LogP) is 0.777. The Balaban J connectivity index is 2.53. The van der Waals surface area contributed by atoms with Crippen molar-refractivity contribution in [1.29, 1.82) is 0 Å². The second kappa shape index (κ2) is 6.58. The molecule has 0 amide bonds. The van der Waals surface area contributed by atoms with Crippen LogP contribution < -0.4 is 0 Å². The lowest BCUT2D eigenvalue weighted by atomic mass is 10.1. The monoisotopic (exact) mass is 273 g/mol. The number of H-pyrrole nitrogens is 1. The van der Waals surface area contributed by atoms with Gasteiger partial charge in [0.2, 0.25) is 0 Å². The van der Waals surface area contributed by atoms with Gasteiger partial charge in [-0.05, 0) is 12.5 Å². The Bertz CT molecular complexity index is 431. The van der Waals surface area contributed by atoms with Gasteiger partial charge in [-0.2, -0.15) is 0 Å². The lowest BCUT2D eigenvalue weighted by Crippen LogP contribution is -2.18. The minimum absolute atomic E-state index is 0.0469. The van der Waals surface area contributed by atoms with E-state index in [0.717, 1.165) is 11.8 Å². The second-order valence-corrected chi connectivity index (χ2v) is 5.06. The molecule has 18 heavy (non-hydrogen) atoms. The molecule has 2 unspecified atom stereocenters. The standard InChI is InChI=1S/C11H15NO5S/c1-6(13)18-3-2-9(14)10(15)7-4-8(11(16)17)12-5-7/h4-5,9-10,12,14-15H,2-3H2,1H3,(H,16,17). The van der Waals surface area contributed by atoms with Gasteiger partial charge in [0.15, 0.2) is 5.12 Å². The zero-order chi connectivity index (χ0) is 13.7. The lowest BCUT2D eigenvalue weighted by molar-refractivity contribution is -0.109. The quantitative estimate of drug-likeness (QED) is 0.609. The van der Waals surface area contributed by atoms with Crippen LogP contribution in [0.25, 0.3) is 0 Å². The molecule has 2 atom stereocenters. The highest BCUT2D eigenvalue weighted by Crippen LogP contribution is 2.21. The molecular weight excluding hydrogens is 258 g/mol. The van der Waals surface area contributed by atoms with E-state index < -0.39 is 18.2 Å². The van der Waals surface area contributed by atoms with Gasteiger partial charge in [-0.1, -0.05) is 11.8 Å². The van der Waals surface area contributed by atoms with Crippen molar-refractivity contribution in [3.63, 3.8) is 0 Å². The number of aliphatic hydroxyl groups is 2. The fourth-order valence-electron chi connectivity index (χ4n) is 1.41. The molecule has 0 saturated heterocycles. The number of aromatic amines is 1. The summed E-state index contributed by atoms with van der Waals surface area (Å²) < 4.78 is 0. The zero-order valence-corrected chi connectivity index (χ0v) is 10.6. The topological polar surface area (TPSA) is 111 Å². The molecule has 0 saturated carbocycles. The maximum Gasteiger partial charge on any atom is 0.352 e. The van der Waals surface area contributed by atoms with Crippen LogP contribution in [0.1, 0.15) is 35.5 Å². The van der Waals surface area contributed by atoms with Crippen molar-refractivity contribution in [3.8, 4) is 0 Å². The van der Waals surface area contributed by atoms with Gasteiger partial charge in [-0.3, -0.25) is 4.79 Å². The average molecular weight is 273 g/mol. The highest BCUT2D eigenvalue weighted by Gasteiger charge is 2.20. The minimum atomic E-state index is -1.16. The molecule has 1 heterocycles. The number of aliphatic hydroxyl groups excluding tert-OH is 2. The number of aromatic nitrogens is 1. The van der Waals surface area contributed by atoms with Crippen LogP contribution in [0.3, 0.4) is 0 Å². The smallest absolute Gasteiger partial charge is 0.352 e. The summed E-state index contributed by atoms with van der Waals surface area (Å²) in [4.78, 5) is 23.8. The van der Waals surface area contributed by atoms with Crippen LogP contribution in [-0.2, 0) is 4.79 Å². The van der Waals surface area contributed by atoms with E-state index in [9.17, 15) is 19.8 Å². The third-order valence-corrected chi connectivity index (χ3v) is 3.21. The maximum atomic E-state index is 10.7. The summed E-state index contributed by atoms with van der Waals surface area (Å²) in [5.41, 5.74) is 0.266. The van der Waals surface area contributed by atoms with Gasteiger partial charge in [-0.25, -0.2) is 4.79 Å². The first-order valence-corrected chi connectivity index (χ1v) is 6.31. The summed E-state index contributed by atoms with van der Waals surface area (Å²) in [6, 6.07) is 1.27. The lowest BCUT2D eigenvalue weighted by Gasteiger charge is -2.16. The second-order valence-electron chi connectivity index (χ2n) is 3.79. The highest BCUT2D eigenvalue weighted by molar-refractivity contribution is 8.13. The normalized spacial score (nSPS) is 14.2. The summed E-state index contributed by atoms with van der Waals surface area (Å²) in [6.07, 6.45) is -0.606. The van der Waals surface area contributed by atoms with Crippen LogP contribution in [0, 0.1) is 0 Å². The van der Waals surface area contributed by atoms with Crippen molar-refractivity contribution in [1.82, 2.24) is 4.98 Å². The summed E-state index contributed by atoms with van der Waals surface area (Å²) in [7, 11) is 0. The molecule has 1 rings (SSSR count). The Hall–Kier alpha value is -1.31. The van der Waals surface area contributed by atoms with Gasteiger partial charge in [-0.15, -0.1) is 0 Å². The molecule has 7 heteroatoms. The van der Waals surface area contributed by atoms with Crippen molar-refractivity contribution in [2.45, 2.75) is 25.6 Å². The number of rotatable bonds is 6. The van der Waals surface area contributed by atoms with Crippen molar-refractivity contribution < 1.29 is 24.9 Å². The van der Waals surface area contributed by atoms with E-state index in [2.05, 4.69) is 4.98 Å². The van der Waals surface area contributed by atoms with E-state index in [-0.39, 0.29) is 17.2 Å². The van der Waals surface area contributed by atoms with Crippen LogP contribution in [0.4, 0.5) is 0 Å². The first-order chi connectivity index (χ1) is 8.41. The Morgan fingerprint density at radius 2 is 2.11 bits per heavy atom. The van der Waals surface area contributed by atoms with Crippen molar-refractivity contribution in [2.24, 2.45) is 0 Å². The highest BCUT2D eigenvalue weighted by atomic mass is 32.2. The van der Waals surface area contributed by atoms with E-state index in [1.165, 1.54) is 19.2 Å². The molecule has 0 aliphatic carbocycles. The minimum Gasteiger partial charge on any atom is -0.477 e. The number of hydrogen-bond donors (Lipinski definition) is 4. The van der Waals surface area contributed by atoms with Crippen LogP contribution >= 0.6 is 11.8 Å². The van der Waals surface area contributed by atoms with E-state index in [0.29, 0.717) is 11.3 Å². The predicted molar refractivity (Wildman–Crippen MR) is 66.5 cm³/mol. The summed E-state index contributed by atoms with van der Waals surface area (Å²) in [6.45, 7) is 1.43.